The molecule has 2 aromatic carbocycles. The molecule has 0 unspecified atom stereocenters. The van der Waals surface area contributed by atoms with Crippen LogP contribution in [-0.4, -0.2) is 70.4 Å². The lowest BCUT2D eigenvalue weighted by Gasteiger charge is -2.31. The zero-order valence-corrected chi connectivity index (χ0v) is 23.5. The smallest absolute Gasteiger partial charge is 0.246 e. The molecule has 1 atom stereocenters. The van der Waals surface area contributed by atoms with Crippen molar-refractivity contribution in [1.29, 1.82) is 0 Å². The minimum atomic E-state index is -3.78. The molecular weight excluding hydrogens is 526 g/mol. The number of piperidine rings is 2. The molecule has 0 spiro atoms. The van der Waals surface area contributed by atoms with Gasteiger partial charge in [-0.1, -0.05) is 36.8 Å². The normalized spacial score (nSPS) is 19.7. The Labute approximate surface area is 226 Å². The predicted molar refractivity (Wildman–Crippen MR) is 147 cm³/mol. The number of anilines is 1. The Bertz CT molecular complexity index is 1310. The Kier molecular flexibility index (Phi) is 9.45. The molecule has 9 nitrogen and oxygen atoms in total. The van der Waals surface area contributed by atoms with Gasteiger partial charge >= 0.3 is 0 Å². The molecule has 0 bridgehead atoms. The fourth-order valence-electron chi connectivity index (χ4n) is 5.09. The van der Waals surface area contributed by atoms with Crippen molar-refractivity contribution in [2.24, 2.45) is 5.92 Å². The van der Waals surface area contributed by atoms with Crippen molar-refractivity contribution in [3.8, 4) is 5.75 Å². The minimum Gasteiger partial charge on any atom is -0.495 e. The van der Waals surface area contributed by atoms with E-state index < -0.39 is 26.0 Å². The summed E-state index contributed by atoms with van der Waals surface area (Å²) >= 11 is 0. The second-order valence-corrected chi connectivity index (χ2v) is 13.9. The van der Waals surface area contributed by atoms with Gasteiger partial charge in [0.1, 0.15) is 10.6 Å². The lowest BCUT2D eigenvalue weighted by atomic mass is 9.98. The summed E-state index contributed by atoms with van der Waals surface area (Å²) in [6, 6.07) is 14.3. The van der Waals surface area contributed by atoms with Crippen molar-refractivity contribution in [3.63, 3.8) is 0 Å². The van der Waals surface area contributed by atoms with Crippen LogP contribution in [0, 0.1) is 5.92 Å². The summed E-state index contributed by atoms with van der Waals surface area (Å²) in [5, 5.41) is 2.82. The molecule has 1 N–H and O–H groups in total. The summed E-state index contributed by atoms with van der Waals surface area (Å²) in [5.74, 6) is -0.580. The van der Waals surface area contributed by atoms with E-state index in [0.29, 0.717) is 51.0 Å². The number of hydrogen-bond donors (Lipinski definition) is 1. The summed E-state index contributed by atoms with van der Waals surface area (Å²) in [6.45, 7) is 1.44. The summed E-state index contributed by atoms with van der Waals surface area (Å²) in [6.07, 6.45) is 4.97. The molecule has 1 amide bonds. The second kappa shape index (κ2) is 12.6. The third-order valence-corrected chi connectivity index (χ3v) is 11.1. The van der Waals surface area contributed by atoms with Crippen LogP contribution < -0.4 is 10.1 Å². The highest BCUT2D eigenvalue weighted by molar-refractivity contribution is 7.89. The summed E-state index contributed by atoms with van der Waals surface area (Å²) < 4.78 is 60.8. The Morgan fingerprint density at radius 1 is 0.947 bits per heavy atom. The fourth-order valence-corrected chi connectivity index (χ4v) is 8.37. The second-order valence-electron chi connectivity index (χ2n) is 9.92. The first kappa shape index (κ1) is 28.5. The highest BCUT2D eigenvalue weighted by atomic mass is 32.2. The van der Waals surface area contributed by atoms with E-state index in [0.717, 1.165) is 24.8 Å². The van der Waals surface area contributed by atoms with E-state index in [1.165, 1.54) is 27.9 Å². The van der Waals surface area contributed by atoms with Crippen LogP contribution in [0.1, 0.15) is 44.1 Å². The average Bonchev–Trinajstić information content (AvgIpc) is 2.94. The number of nitrogens with one attached hydrogen (secondary N) is 1. The summed E-state index contributed by atoms with van der Waals surface area (Å²) in [4.78, 5) is 13.2. The van der Waals surface area contributed by atoms with Crippen LogP contribution in [0.25, 0.3) is 0 Å². The zero-order valence-electron chi connectivity index (χ0n) is 21.8. The number of carbonyl (C=O) groups is 1. The maximum Gasteiger partial charge on any atom is 0.246 e. The van der Waals surface area contributed by atoms with Gasteiger partial charge in [-0.2, -0.15) is 4.31 Å². The fraction of sp³-hybridized carbons (Fsp3) is 0.519. The Morgan fingerprint density at radius 2 is 1.66 bits per heavy atom. The number of carbonyl (C=O) groups excluding carboxylic acids is 1. The van der Waals surface area contributed by atoms with Crippen LogP contribution >= 0.6 is 0 Å². The Hall–Kier alpha value is -2.47. The van der Waals surface area contributed by atoms with Crippen LogP contribution in [0.15, 0.2) is 53.4 Å². The first-order chi connectivity index (χ1) is 18.2. The van der Waals surface area contributed by atoms with Gasteiger partial charge in [0.2, 0.25) is 26.0 Å². The van der Waals surface area contributed by atoms with E-state index in [2.05, 4.69) is 5.32 Å². The highest BCUT2D eigenvalue weighted by Crippen LogP contribution is 2.32. The van der Waals surface area contributed by atoms with Crippen molar-refractivity contribution in [1.82, 2.24) is 8.61 Å². The number of ether oxygens (including phenoxy) is 1. The third-order valence-electron chi connectivity index (χ3n) is 7.22. The van der Waals surface area contributed by atoms with Crippen molar-refractivity contribution in [2.75, 3.05) is 44.4 Å². The number of amides is 1. The maximum absolute atomic E-state index is 13.3. The van der Waals surface area contributed by atoms with E-state index in [9.17, 15) is 21.6 Å². The number of methoxy groups -OCH3 is 1. The molecule has 2 aliphatic rings. The SMILES string of the molecule is COc1ccc(NC(=O)[C@@H]2CCCN(S(=O)(=O)CCCc3ccccc3)C2)cc1S(=O)(=O)N1CCCCC1. The summed E-state index contributed by atoms with van der Waals surface area (Å²) in [5.41, 5.74) is 1.44. The van der Waals surface area contributed by atoms with Crippen molar-refractivity contribution >= 4 is 31.6 Å². The Morgan fingerprint density at radius 3 is 2.37 bits per heavy atom. The first-order valence-corrected chi connectivity index (χ1v) is 16.3. The van der Waals surface area contributed by atoms with E-state index in [1.54, 1.807) is 6.07 Å². The maximum atomic E-state index is 13.3. The third kappa shape index (κ3) is 6.93. The molecule has 38 heavy (non-hydrogen) atoms. The molecule has 0 aliphatic carbocycles. The molecule has 0 radical (unpaired) electrons. The van der Waals surface area contributed by atoms with Gasteiger partial charge < -0.3 is 10.1 Å². The van der Waals surface area contributed by atoms with Crippen molar-refractivity contribution in [2.45, 2.75) is 49.8 Å². The van der Waals surface area contributed by atoms with Crippen LogP contribution in [0.2, 0.25) is 0 Å². The summed E-state index contributed by atoms with van der Waals surface area (Å²) in [7, 11) is -5.85. The number of aryl methyl sites for hydroxylation is 1. The van der Waals surface area contributed by atoms with E-state index >= 15 is 0 Å². The standard InChI is InChI=1S/C27H37N3O6S2/c1-36-25-15-14-24(20-26(25)38(34,35)29-16-6-3-7-17-29)28-27(31)23-13-8-18-30(21-23)37(32,33)19-9-12-22-10-4-2-5-11-22/h2,4-5,10-11,14-15,20,23H,3,6-9,12-13,16-19,21H2,1H3,(H,28,31)/t23-/m1/s1. The van der Waals surface area contributed by atoms with E-state index in [1.807, 2.05) is 30.3 Å². The van der Waals surface area contributed by atoms with Gasteiger partial charge in [0.05, 0.1) is 18.8 Å². The number of sulfonamides is 2. The van der Waals surface area contributed by atoms with Gasteiger partial charge in [-0.25, -0.2) is 21.1 Å². The minimum absolute atomic E-state index is 0.0194. The van der Waals surface area contributed by atoms with Gasteiger partial charge in [-0.05, 0) is 62.3 Å². The molecule has 2 fully saturated rings. The highest BCUT2D eigenvalue weighted by Gasteiger charge is 2.33. The lowest BCUT2D eigenvalue weighted by molar-refractivity contribution is -0.120. The predicted octanol–water partition coefficient (Wildman–Crippen LogP) is 3.48. The molecule has 2 heterocycles. The largest absolute Gasteiger partial charge is 0.495 e. The number of nitrogens with zero attached hydrogens (tertiary/aromatic N) is 2. The molecule has 0 aromatic heterocycles. The topological polar surface area (TPSA) is 113 Å². The molecule has 11 heteroatoms. The lowest BCUT2D eigenvalue weighted by Crippen LogP contribution is -2.44. The number of rotatable bonds is 10. The number of benzene rings is 2. The molecule has 2 saturated heterocycles. The van der Waals surface area contributed by atoms with Crippen LogP contribution in [-0.2, 0) is 31.3 Å². The quantitative estimate of drug-likeness (QED) is 0.474. The Balaban J connectivity index is 1.40. The molecular formula is C27H37N3O6S2. The van der Waals surface area contributed by atoms with Gasteiger partial charge in [0, 0.05) is 31.9 Å². The monoisotopic (exact) mass is 563 g/mol. The average molecular weight is 564 g/mol. The molecule has 4 rings (SSSR count). The van der Waals surface area contributed by atoms with Crippen molar-refractivity contribution in [3.05, 3.63) is 54.1 Å². The molecule has 0 saturated carbocycles. The molecule has 208 valence electrons. The van der Waals surface area contributed by atoms with Crippen LogP contribution in [0.3, 0.4) is 0 Å². The van der Waals surface area contributed by atoms with Gasteiger partial charge in [-0.3, -0.25) is 4.79 Å². The zero-order chi connectivity index (χ0) is 27.2. The van der Waals surface area contributed by atoms with Gasteiger partial charge in [0.15, 0.2) is 0 Å². The molecule has 2 aliphatic heterocycles. The van der Waals surface area contributed by atoms with Crippen LogP contribution in [0.4, 0.5) is 5.69 Å². The number of hydrogen-bond acceptors (Lipinski definition) is 6. The van der Waals surface area contributed by atoms with E-state index in [-0.39, 0.29) is 28.8 Å². The van der Waals surface area contributed by atoms with Crippen LogP contribution in [0.5, 0.6) is 5.75 Å². The van der Waals surface area contributed by atoms with Gasteiger partial charge in [-0.15, -0.1) is 0 Å². The van der Waals surface area contributed by atoms with Crippen molar-refractivity contribution < 1.29 is 26.4 Å². The van der Waals surface area contributed by atoms with Gasteiger partial charge in [0.25, 0.3) is 0 Å². The molecule has 2 aromatic rings. The first-order valence-electron chi connectivity index (χ1n) is 13.2. The van der Waals surface area contributed by atoms with E-state index in [4.69, 9.17) is 4.74 Å².